The number of benzene rings is 1. The van der Waals surface area contributed by atoms with Crippen molar-refractivity contribution in [3.05, 3.63) is 65.7 Å². The Labute approximate surface area is 159 Å². The van der Waals surface area contributed by atoms with E-state index in [1.54, 1.807) is 24.5 Å². The van der Waals surface area contributed by atoms with Crippen LogP contribution in [0.3, 0.4) is 0 Å². The fourth-order valence-electron chi connectivity index (χ4n) is 3.20. The van der Waals surface area contributed by atoms with Crippen LogP contribution >= 0.6 is 0 Å². The smallest absolute Gasteiger partial charge is 0.227 e. The van der Waals surface area contributed by atoms with Crippen LogP contribution in [0.2, 0.25) is 0 Å². The number of nitrogens with zero attached hydrogens (tertiary/aromatic N) is 3. The van der Waals surface area contributed by atoms with Crippen molar-refractivity contribution in [1.29, 1.82) is 0 Å². The van der Waals surface area contributed by atoms with E-state index in [9.17, 15) is 9.18 Å². The van der Waals surface area contributed by atoms with Crippen molar-refractivity contribution >= 4 is 5.91 Å². The van der Waals surface area contributed by atoms with Crippen LogP contribution in [0.25, 0.3) is 0 Å². The first-order chi connectivity index (χ1) is 13.2. The maximum Gasteiger partial charge on any atom is 0.227 e. The molecule has 0 saturated carbocycles. The highest BCUT2D eigenvalue weighted by molar-refractivity contribution is 5.78. The molecule has 0 unspecified atom stereocenters. The van der Waals surface area contributed by atoms with Gasteiger partial charge in [0, 0.05) is 45.1 Å². The van der Waals surface area contributed by atoms with Gasteiger partial charge in [-0.3, -0.25) is 14.7 Å². The Morgan fingerprint density at radius 2 is 1.78 bits per heavy atom. The Kier molecular flexibility index (Phi) is 7.30. The van der Waals surface area contributed by atoms with Crippen molar-refractivity contribution in [3.8, 4) is 0 Å². The molecule has 3 rings (SSSR count). The second kappa shape index (κ2) is 10.1. The van der Waals surface area contributed by atoms with E-state index in [1.807, 2.05) is 17.0 Å². The van der Waals surface area contributed by atoms with Gasteiger partial charge in [-0.25, -0.2) is 4.39 Å². The third-order valence-electron chi connectivity index (χ3n) is 4.75. The van der Waals surface area contributed by atoms with Gasteiger partial charge in [0.1, 0.15) is 5.82 Å². The van der Waals surface area contributed by atoms with Crippen LogP contribution < -0.4 is 0 Å². The number of halogens is 1. The maximum atomic E-state index is 13.1. The van der Waals surface area contributed by atoms with Crippen LogP contribution in [0.1, 0.15) is 17.5 Å². The van der Waals surface area contributed by atoms with Gasteiger partial charge in [0.15, 0.2) is 0 Å². The summed E-state index contributed by atoms with van der Waals surface area (Å²) in [6.07, 6.45) is 4.68. The standard InChI is InChI=1S/C21H26FN3O2/c22-20-4-2-18(3-5-20)16-21(26)25(17-19-6-8-23-9-7-19)11-1-10-24-12-14-27-15-13-24/h2-9H,1,10-17H2. The summed E-state index contributed by atoms with van der Waals surface area (Å²) < 4.78 is 18.5. The molecule has 1 aliphatic rings. The highest BCUT2D eigenvalue weighted by Gasteiger charge is 2.16. The molecule has 0 aliphatic carbocycles. The van der Waals surface area contributed by atoms with Crippen molar-refractivity contribution in [2.75, 3.05) is 39.4 Å². The van der Waals surface area contributed by atoms with Crippen molar-refractivity contribution in [1.82, 2.24) is 14.8 Å². The largest absolute Gasteiger partial charge is 0.379 e. The lowest BCUT2D eigenvalue weighted by Gasteiger charge is -2.28. The Morgan fingerprint density at radius 1 is 1.07 bits per heavy atom. The van der Waals surface area contributed by atoms with E-state index in [2.05, 4.69) is 9.88 Å². The minimum atomic E-state index is -0.287. The summed E-state index contributed by atoms with van der Waals surface area (Å²) in [7, 11) is 0. The molecule has 2 aromatic rings. The number of pyridine rings is 1. The predicted molar refractivity (Wildman–Crippen MR) is 102 cm³/mol. The molecule has 0 N–H and O–H groups in total. The van der Waals surface area contributed by atoms with Crippen LogP contribution in [0, 0.1) is 5.82 Å². The number of carbonyl (C=O) groups is 1. The van der Waals surface area contributed by atoms with E-state index in [0.29, 0.717) is 13.1 Å². The van der Waals surface area contributed by atoms with Crippen molar-refractivity contribution in [3.63, 3.8) is 0 Å². The molecular formula is C21H26FN3O2. The van der Waals surface area contributed by atoms with E-state index in [4.69, 9.17) is 4.74 Å². The Bertz CT molecular complexity index is 703. The van der Waals surface area contributed by atoms with E-state index < -0.39 is 0 Å². The molecule has 5 nitrogen and oxygen atoms in total. The van der Waals surface area contributed by atoms with Gasteiger partial charge in [0.2, 0.25) is 5.91 Å². The van der Waals surface area contributed by atoms with Gasteiger partial charge < -0.3 is 9.64 Å². The zero-order chi connectivity index (χ0) is 18.9. The van der Waals surface area contributed by atoms with E-state index in [0.717, 1.165) is 50.4 Å². The minimum Gasteiger partial charge on any atom is -0.379 e. The topological polar surface area (TPSA) is 45.7 Å². The molecule has 0 bridgehead atoms. The summed E-state index contributed by atoms with van der Waals surface area (Å²) in [6.45, 7) is 5.68. The normalized spacial score (nSPS) is 14.9. The third-order valence-corrected chi connectivity index (χ3v) is 4.75. The van der Waals surface area contributed by atoms with Gasteiger partial charge in [0.25, 0.3) is 0 Å². The second-order valence-corrected chi connectivity index (χ2v) is 6.78. The average Bonchev–Trinajstić information content (AvgIpc) is 2.70. The van der Waals surface area contributed by atoms with Gasteiger partial charge in [0.05, 0.1) is 19.6 Å². The SMILES string of the molecule is O=C(Cc1ccc(F)cc1)N(CCCN1CCOCC1)Cc1ccncc1. The molecule has 1 amide bonds. The molecule has 27 heavy (non-hydrogen) atoms. The van der Waals surface area contributed by atoms with Gasteiger partial charge in [-0.05, 0) is 41.8 Å². The van der Waals surface area contributed by atoms with Gasteiger partial charge in [-0.1, -0.05) is 12.1 Å². The fourth-order valence-corrected chi connectivity index (χ4v) is 3.20. The summed E-state index contributed by atoms with van der Waals surface area (Å²) in [4.78, 5) is 21.2. The predicted octanol–water partition coefficient (Wildman–Crippen LogP) is 2.51. The second-order valence-electron chi connectivity index (χ2n) is 6.78. The van der Waals surface area contributed by atoms with Crippen molar-refractivity contribution in [2.24, 2.45) is 0 Å². The first-order valence-corrected chi connectivity index (χ1v) is 9.42. The van der Waals surface area contributed by atoms with Crippen LogP contribution in [0.15, 0.2) is 48.8 Å². The number of aromatic nitrogens is 1. The van der Waals surface area contributed by atoms with E-state index in [-0.39, 0.29) is 18.1 Å². The molecule has 2 heterocycles. The number of ether oxygens (including phenoxy) is 1. The molecular weight excluding hydrogens is 345 g/mol. The monoisotopic (exact) mass is 371 g/mol. The van der Waals surface area contributed by atoms with Crippen molar-refractivity contribution in [2.45, 2.75) is 19.4 Å². The molecule has 0 radical (unpaired) electrons. The molecule has 0 spiro atoms. The number of hydrogen-bond donors (Lipinski definition) is 0. The summed E-state index contributed by atoms with van der Waals surface area (Å²) in [5.41, 5.74) is 1.89. The maximum absolute atomic E-state index is 13.1. The minimum absolute atomic E-state index is 0.0559. The van der Waals surface area contributed by atoms with Crippen LogP contribution in [-0.4, -0.2) is 60.1 Å². The highest BCUT2D eigenvalue weighted by atomic mass is 19.1. The third kappa shape index (κ3) is 6.41. The lowest BCUT2D eigenvalue weighted by atomic mass is 10.1. The summed E-state index contributed by atoms with van der Waals surface area (Å²) >= 11 is 0. The van der Waals surface area contributed by atoms with Gasteiger partial charge in [-0.15, -0.1) is 0 Å². The number of amides is 1. The van der Waals surface area contributed by atoms with Crippen molar-refractivity contribution < 1.29 is 13.9 Å². The average molecular weight is 371 g/mol. The van der Waals surface area contributed by atoms with Gasteiger partial charge >= 0.3 is 0 Å². The molecule has 1 aromatic heterocycles. The number of carbonyl (C=O) groups excluding carboxylic acids is 1. The van der Waals surface area contributed by atoms with E-state index >= 15 is 0 Å². The first-order valence-electron chi connectivity index (χ1n) is 9.42. The number of morpholine rings is 1. The number of rotatable bonds is 8. The first kappa shape index (κ1) is 19.5. The number of hydrogen-bond acceptors (Lipinski definition) is 4. The Morgan fingerprint density at radius 3 is 2.48 bits per heavy atom. The van der Waals surface area contributed by atoms with Crippen LogP contribution in [0.4, 0.5) is 4.39 Å². The lowest BCUT2D eigenvalue weighted by molar-refractivity contribution is -0.131. The summed E-state index contributed by atoms with van der Waals surface area (Å²) in [5.74, 6) is -0.231. The van der Waals surface area contributed by atoms with Gasteiger partial charge in [-0.2, -0.15) is 0 Å². The Balaban J connectivity index is 1.59. The molecule has 144 valence electrons. The Hall–Kier alpha value is -2.31. The molecule has 1 saturated heterocycles. The summed E-state index contributed by atoms with van der Waals surface area (Å²) in [6, 6.07) is 10.00. The fraction of sp³-hybridized carbons (Fsp3) is 0.429. The molecule has 6 heteroatoms. The summed E-state index contributed by atoms with van der Waals surface area (Å²) in [5, 5.41) is 0. The molecule has 1 aliphatic heterocycles. The quantitative estimate of drug-likeness (QED) is 0.715. The van der Waals surface area contributed by atoms with Crippen LogP contribution in [0.5, 0.6) is 0 Å². The zero-order valence-electron chi connectivity index (χ0n) is 15.5. The molecule has 0 atom stereocenters. The molecule has 1 aromatic carbocycles. The molecule has 1 fully saturated rings. The van der Waals surface area contributed by atoms with E-state index in [1.165, 1.54) is 12.1 Å². The lowest BCUT2D eigenvalue weighted by Crippen LogP contribution is -2.39. The van der Waals surface area contributed by atoms with Crippen LogP contribution in [-0.2, 0) is 22.5 Å². The zero-order valence-corrected chi connectivity index (χ0v) is 15.5. The highest BCUT2D eigenvalue weighted by Crippen LogP contribution is 2.10.